The fourth-order valence-electron chi connectivity index (χ4n) is 6.32. The Kier molecular flexibility index (Phi) is 22.5. The average molecular weight is 785 g/mol. The second kappa shape index (κ2) is 22.6. The fraction of sp³-hybridized carbons (Fsp3) is 1.00. The Morgan fingerprint density at radius 2 is 0.818 bits per heavy atom. The van der Waals surface area contributed by atoms with Gasteiger partial charge >= 0.3 is 34.1 Å². The molecule has 4 unspecified atom stereocenters. The maximum Gasteiger partial charge on any atom is 2.00 e. The average Bonchev–Trinajstić information content (AvgIpc) is 2.96. The Hall–Kier alpha value is 1.88. The molecule has 4 bridgehead atoms. The van der Waals surface area contributed by atoms with E-state index in [-0.39, 0.29) is 34.1 Å². The smallest absolute Gasteiger partial charge is 0.305 e. The van der Waals surface area contributed by atoms with Crippen molar-refractivity contribution < 1.29 is 34.1 Å². The van der Waals surface area contributed by atoms with Gasteiger partial charge in [-0.1, -0.05) is 60.3 Å². The zero-order chi connectivity index (χ0) is 30.6. The molecule has 14 heteroatoms. The number of nitrogens with zero attached hydrogens (tertiary/aromatic N) is 8. The summed E-state index contributed by atoms with van der Waals surface area (Å²) in [6.07, 6.45) is 4.12. The second-order valence-corrected chi connectivity index (χ2v) is 15.6. The third kappa shape index (κ3) is 15.6. The molecular formula is C30H60Cl4Mn2N8+4. The maximum atomic E-state index is 6.73. The van der Waals surface area contributed by atoms with Crippen molar-refractivity contribution in [2.24, 2.45) is 0 Å². The van der Waals surface area contributed by atoms with Crippen LogP contribution in [0.25, 0.3) is 0 Å². The summed E-state index contributed by atoms with van der Waals surface area (Å²) in [6.45, 7) is 25.9. The van der Waals surface area contributed by atoms with Crippen LogP contribution in [0.15, 0.2) is 0 Å². The van der Waals surface area contributed by atoms with Gasteiger partial charge in [-0.3, -0.25) is 9.80 Å². The summed E-state index contributed by atoms with van der Waals surface area (Å²) < 4.78 is -1.48. The third-order valence-corrected chi connectivity index (χ3v) is 11.4. The van der Waals surface area contributed by atoms with Crippen LogP contribution >= 0.6 is 46.4 Å². The zero-order valence-corrected chi connectivity index (χ0v) is 33.2. The third-order valence-electron chi connectivity index (χ3n) is 9.65. The Balaban J connectivity index is 0.000000422. The Labute approximate surface area is 311 Å². The molecule has 8 nitrogen and oxygen atoms in total. The molecule has 258 valence electrons. The quantitative estimate of drug-likeness (QED) is 0.239. The summed E-state index contributed by atoms with van der Waals surface area (Å²) in [6, 6.07) is 0. The van der Waals surface area contributed by atoms with Crippen LogP contribution in [0.4, 0.5) is 0 Å². The Morgan fingerprint density at radius 1 is 0.432 bits per heavy atom. The summed E-state index contributed by atoms with van der Waals surface area (Å²) in [5.74, 6) is 0. The van der Waals surface area contributed by atoms with E-state index in [1.54, 1.807) is 0 Å². The van der Waals surface area contributed by atoms with Gasteiger partial charge in [0.25, 0.3) is 0 Å². The van der Waals surface area contributed by atoms with E-state index in [0.29, 0.717) is 0 Å². The van der Waals surface area contributed by atoms with E-state index in [1.165, 1.54) is 32.5 Å². The van der Waals surface area contributed by atoms with Crippen LogP contribution in [-0.2, 0) is 34.1 Å². The van der Waals surface area contributed by atoms with E-state index in [9.17, 15) is 0 Å². The molecule has 0 saturated carbocycles. The van der Waals surface area contributed by atoms with Gasteiger partial charge < -0.3 is 29.4 Å². The number of fused-ring (bicyclic) bond motifs is 6. The predicted molar refractivity (Wildman–Crippen MR) is 183 cm³/mol. The van der Waals surface area contributed by atoms with Crippen molar-refractivity contribution in [2.75, 3.05) is 145 Å². The molecule has 0 aromatic rings. The van der Waals surface area contributed by atoms with Crippen molar-refractivity contribution in [3.8, 4) is 0 Å². The largest absolute Gasteiger partial charge is 2.00 e. The first-order valence-corrected chi connectivity index (χ1v) is 18.1. The Bertz CT molecular complexity index is 758. The molecule has 2 radical (unpaired) electrons. The minimum atomic E-state index is -0.741. The molecule has 0 N–H and O–H groups in total. The van der Waals surface area contributed by atoms with Crippen LogP contribution in [0.3, 0.4) is 0 Å². The molecule has 0 aromatic carbocycles. The van der Waals surface area contributed by atoms with Crippen LogP contribution in [0.1, 0.15) is 39.5 Å². The molecule has 4 heterocycles. The monoisotopic (exact) mass is 782 g/mol. The molecule has 4 aliphatic rings. The Morgan fingerprint density at radius 3 is 1.41 bits per heavy atom. The topological polar surface area (TPSA) is 25.9 Å². The molecule has 4 atom stereocenters. The van der Waals surface area contributed by atoms with Gasteiger partial charge in [0, 0.05) is 104 Å². The maximum absolute atomic E-state index is 6.73. The van der Waals surface area contributed by atoms with E-state index >= 15 is 0 Å². The van der Waals surface area contributed by atoms with Gasteiger partial charge in [-0.25, -0.2) is 0 Å². The normalized spacial score (nSPS) is 32.2. The van der Waals surface area contributed by atoms with Crippen molar-refractivity contribution in [1.29, 1.82) is 0 Å². The van der Waals surface area contributed by atoms with Crippen LogP contribution < -0.4 is 0 Å². The molecule has 4 aliphatic heterocycles. The summed E-state index contributed by atoms with van der Waals surface area (Å²) in [5.41, 5.74) is 0. The standard InChI is InChI=1S/C16H32Cl2N4.C14H28Cl2N4.2Mn/c1-3-19-7-5-8-21-11-10-20(4-2)9-6-16(17,18)22(14-12-19)15-13-21;1-17-5-3-6-19-10-8-18(2)7-4-14(15,16)20(12-9-17)13-11-19;;/h3-15H2,1-2H3;3-13H2,1-2H3;;/q;;2*+2. The van der Waals surface area contributed by atoms with E-state index in [0.717, 1.165) is 124 Å². The molecule has 44 heavy (non-hydrogen) atoms. The number of rotatable bonds is 2. The van der Waals surface area contributed by atoms with Crippen LogP contribution in [0.2, 0.25) is 0 Å². The first-order valence-electron chi connectivity index (χ1n) is 16.5. The van der Waals surface area contributed by atoms with Crippen LogP contribution in [0, 0.1) is 0 Å². The van der Waals surface area contributed by atoms with Crippen molar-refractivity contribution >= 4 is 46.4 Å². The van der Waals surface area contributed by atoms with Gasteiger partial charge in [-0.2, -0.15) is 0 Å². The molecule has 4 rings (SSSR count). The first-order chi connectivity index (χ1) is 20.0. The summed E-state index contributed by atoms with van der Waals surface area (Å²) in [4.78, 5) is 19.4. The molecule has 0 spiro atoms. The van der Waals surface area contributed by atoms with Gasteiger partial charge in [-0.05, 0) is 66.2 Å². The minimum absolute atomic E-state index is 0. The van der Waals surface area contributed by atoms with Crippen molar-refractivity contribution in [3.05, 3.63) is 0 Å². The van der Waals surface area contributed by atoms with Crippen molar-refractivity contribution in [1.82, 2.24) is 39.2 Å². The molecule has 0 amide bonds. The van der Waals surface area contributed by atoms with E-state index in [4.69, 9.17) is 46.4 Å². The van der Waals surface area contributed by atoms with Gasteiger partial charge in [0.15, 0.2) is 8.91 Å². The molecule has 0 aliphatic carbocycles. The fourth-order valence-corrected chi connectivity index (χ4v) is 7.33. The van der Waals surface area contributed by atoms with Crippen molar-refractivity contribution in [3.63, 3.8) is 0 Å². The first kappa shape index (κ1) is 43.9. The van der Waals surface area contributed by atoms with Gasteiger partial charge in [-0.15, -0.1) is 0 Å². The SMILES string of the molecule is CCN1CCCN2CCN(CC)CCC(Cl)(Cl)N(CC1)CC2.CN1CCCN2CCN(C)CCC(Cl)(Cl)N(CC1)CC2.[Mn+2].[Mn+2]. The summed E-state index contributed by atoms with van der Waals surface area (Å²) in [5, 5.41) is 0. The predicted octanol–water partition coefficient (Wildman–Crippen LogP) is 3.56. The molecule has 0 aromatic heterocycles. The van der Waals surface area contributed by atoms with E-state index < -0.39 is 8.91 Å². The van der Waals surface area contributed by atoms with Gasteiger partial charge in [0.2, 0.25) is 0 Å². The second-order valence-electron chi connectivity index (χ2n) is 12.7. The zero-order valence-electron chi connectivity index (χ0n) is 27.8. The number of hydrogen-bond donors (Lipinski definition) is 0. The van der Waals surface area contributed by atoms with Crippen molar-refractivity contribution in [2.45, 2.75) is 48.4 Å². The summed E-state index contributed by atoms with van der Waals surface area (Å²) in [7, 11) is 4.35. The number of alkyl halides is 4. The van der Waals surface area contributed by atoms with Gasteiger partial charge in [0.05, 0.1) is 0 Å². The van der Waals surface area contributed by atoms with Gasteiger partial charge in [0.1, 0.15) is 0 Å². The number of hydrogen-bond acceptors (Lipinski definition) is 8. The molecule has 4 saturated heterocycles. The number of likely N-dealkylation sites (N-methyl/N-ethyl adjacent to an activating group) is 4. The number of halogens is 4. The van der Waals surface area contributed by atoms with Crippen LogP contribution in [0.5, 0.6) is 0 Å². The van der Waals surface area contributed by atoms with E-state index in [2.05, 4.69) is 67.1 Å². The molecular weight excluding hydrogens is 724 g/mol. The van der Waals surface area contributed by atoms with Crippen LogP contribution in [-0.4, -0.2) is 193 Å². The summed E-state index contributed by atoms with van der Waals surface area (Å²) >= 11 is 26.7. The minimum Gasteiger partial charge on any atom is -0.305 e. The molecule has 4 fully saturated rings. The van der Waals surface area contributed by atoms with E-state index in [1.807, 2.05) is 0 Å².